The van der Waals surface area contributed by atoms with Crippen molar-refractivity contribution in [2.24, 2.45) is 0 Å². The minimum Gasteiger partial charge on any atom is -0.339 e. The monoisotopic (exact) mass is 334 g/mol. The van der Waals surface area contributed by atoms with E-state index in [9.17, 15) is 26.3 Å². The number of para-hydroxylation sites is 2. The molecule has 0 saturated heterocycles. The molecule has 0 amide bonds. The van der Waals surface area contributed by atoms with Crippen LogP contribution in [-0.2, 0) is 0 Å². The first-order valence-corrected chi connectivity index (χ1v) is 6.46. The highest BCUT2D eigenvalue weighted by molar-refractivity contribution is 5.49. The van der Waals surface area contributed by atoms with Crippen molar-refractivity contribution in [2.45, 2.75) is 18.0 Å². The topological polar surface area (TPSA) is 24.1 Å². The predicted octanol–water partition coefficient (Wildman–Crippen LogP) is 5.03. The summed E-state index contributed by atoms with van der Waals surface area (Å²) in [5.41, 5.74) is -0.777. The van der Waals surface area contributed by atoms with Crippen LogP contribution in [0.5, 0.6) is 0 Å². The Hall–Kier alpha value is -2.38. The maximum atomic E-state index is 14.4. The van der Waals surface area contributed by atoms with Crippen molar-refractivity contribution in [1.29, 1.82) is 0 Å². The van der Waals surface area contributed by atoms with Gasteiger partial charge >= 0.3 is 18.0 Å². The molecule has 0 heterocycles. The Kier molecular flexibility index (Phi) is 4.44. The van der Waals surface area contributed by atoms with Crippen LogP contribution in [0.1, 0.15) is 0 Å². The van der Waals surface area contributed by atoms with Crippen LogP contribution in [0, 0.1) is 0 Å². The third-order valence-corrected chi connectivity index (χ3v) is 2.99. The fourth-order valence-electron chi connectivity index (χ4n) is 1.84. The lowest BCUT2D eigenvalue weighted by Gasteiger charge is -2.36. The van der Waals surface area contributed by atoms with Crippen LogP contribution in [0.3, 0.4) is 0 Å². The first-order valence-electron chi connectivity index (χ1n) is 6.46. The Balaban J connectivity index is 2.37. The lowest BCUT2D eigenvalue weighted by atomic mass is 10.1. The second-order valence-corrected chi connectivity index (χ2v) is 4.71. The molecule has 0 bridgehead atoms. The average Bonchev–Trinajstić information content (AvgIpc) is 2.47. The minimum atomic E-state index is -5.87. The molecule has 124 valence electrons. The summed E-state index contributed by atoms with van der Waals surface area (Å²) in [5, 5.41) is 2.55. The quantitative estimate of drug-likeness (QED) is 0.592. The molecule has 0 aromatic heterocycles. The fraction of sp³-hybridized carbons (Fsp3) is 0.200. The molecule has 2 aromatic rings. The number of alkyl halides is 6. The summed E-state index contributed by atoms with van der Waals surface area (Å²) in [4.78, 5) is 0. The summed E-state index contributed by atoms with van der Waals surface area (Å²) in [5.74, 6) is -5.00. The Labute approximate surface area is 128 Å². The smallest absolute Gasteiger partial charge is 0.339 e. The summed E-state index contributed by atoms with van der Waals surface area (Å²) < 4.78 is 81.6. The normalized spacial score (nSPS) is 14.9. The number of halogens is 6. The van der Waals surface area contributed by atoms with Crippen molar-refractivity contribution in [1.82, 2.24) is 0 Å². The molecule has 2 N–H and O–H groups in total. The molecule has 0 aliphatic carbocycles. The van der Waals surface area contributed by atoms with Gasteiger partial charge in [0.05, 0.1) is 0 Å². The number of anilines is 2. The molecular weight excluding hydrogens is 322 g/mol. The number of rotatable bonds is 5. The molecule has 0 fully saturated rings. The molecule has 23 heavy (non-hydrogen) atoms. The van der Waals surface area contributed by atoms with Gasteiger partial charge in [0.25, 0.3) is 0 Å². The molecule has 2 nitrogen and oxygen atoms in total. The highest BCUT2D eigenvalue weighted by Crippen LogP contribution is 2.45. The molecule has 8 heteroatoms. The first kappa shape index (κ1) is 17.0. The average molecular weight is 334 g/mol. The van der Waals surface area contributed by atoms with Crippen LogP contribution in [0.15, 0.2) is 60.7 Å². The highest BCUT2D eigenvalue weighted by atomic mass is 19.4. The highest BCUT2D eigenvalue weighted by Gasteiger charge is 2.72. The minimum absolute atomic E-state index is 0.348. The molecular formula is C15H12F6N2. The maximum absolute atomic E-state index is 14.4. The molecule has 0 radical (unpaired) electrons. The predicted molar refractivity (Wildman–Crippen MR) is 75.0 cm³/mol. The van der Waals surface area contributed by atoms with Crippen molar-refractivity contribution >= 4 is 11.4 Å². The SMILES string of the molecule is FC(F)(F)C(F)(Nc1ccccc1)C(F)(F)Nc1ccccc1. The van der Waals surface area contributed by atoms with E-state index in [4.69, 9.17) is 0 Å². The van der Waals surface area contributed by atoms with Gasteiger partial charge < -0.3 is 10.6 Å². The van der Waals surface area contributed by atoms with Crippen molar-refractivity contribution in [3.63, 3.8) is 0 Å². The van der Waals surface area contributed by atoms with E-state index in [-0.39, 0.29) is 5.69 Å². The summed E-state index contributed by atoms with van der Waals surface area (Å²) in [6, 6.07) is 7.55. The Morgan fingerprint density at radius 1 is 0.565 bits per heavy atom. The van der Waals surface area contributed by atoms with Gasteiger partial charge in [0, 0.05) is 11.4 Å². The number of nitrogens with one attached hydrogen (secondary N) is 2. The van der Waals surface area contributed by atoms with Gasteiger partial charge in [0.1, 0.15) is 0 Å². The number of benzene rings is 2. The van der Waals surface area contributed by atoms with Crippen molar-refractivity contribution in [2.75, 3.05) is 10.6 Å². The van der Waals surface area contributed by atoms with Crippen LogP contribution in [0.25, 0.3) is 0 Å². The van der Waals surface area contributed by atoms with E-state index in [0.717, 1.165) is 24.3 Å². The molecule has 2 rings (SSSR count). The van der Waals surface area contributed by atoms with Crippen LogP contribution in [0.4, 0.5) is 37.7 Å². The van der Waals surface area contributed by atoms with Crippen LogP contribution < -0.4 is 10.6 Å². The lowest BCUT2D eigenvalue weighted by molar-refractivity contribution is -0.282. The molecule has 0 aliphatic heterocycles. The molecule has 0 saturated carbocycles. The molecule has 2 aromatic carbocycles. The van der Waals surface area contributed by atoms with E-state index >= 15 is 0 Å². The number of hydrogen-bond donors (Lipinski definition) is 2. The summed E-state index contributed by atoms with van der Waals surface area (Å²) in [6.07, 6.45) is -5.87. The fourth-order valence-corrected chi connectivity index (χ4v) is 1.84. The zero-order valence-corrected chi connectivity index (χ0v) is 11.5. The summed E-state index contributed by atoms with van der Waals surface area (Å²) in [7, 11) is 0. The largest absolute Gasteiger partial charge is 0.450 e. The van der Waals surface area contributed by atoms with Crippen molar-refractivity contribution in [3.05, 3.63) is 60.7 Å². The van der Waals surface area contributed by atoms with Gasteiger partial charge in [-0.3, -0.25) is 0 Å². The Morgan fingerprint density at radius 3 is 1.35 bits per heavy atom. The van der Waals surface area contributed by atoms with E-state index in [1.807, 2.05) is 0 Å². The van der Waals surface area contributed by atoms with E-state index in [2.05, 4.69) is 0 Å². The molecule has 1 unspecified atom stereocenters. The molecule has 1 atom stereocenters. The third kappa shape index (κ3) is 3.52. The zero-order valence-electron chi connectivity index (χ0n) is 11.5. The standard InChI is InChI=1S/C15H12F6N2/c16-13(14(17,18)19,22-11-7-3-1-4-8-11)15(20,21)23-12-9-5-2-6-10-12/h1-10,22-23H. The second-order valence-electron chi connectivity index (χ2n) is 4.71. The Morgan fingerprint density at radius 2 is 0.957 bits per heavy atom. The van der Waals surface area contributed by atoms with Crippen molar-refractivity contribution < 1.29 is 26.3 Å². The van der Waals surface area contributed by atoms with Crippen molar-refractivity contribution in [3.8, 4) is 0 Å². The summed E-state index contributed by atoms with van der Waals surface area (Å²) >= 11 is 0. The van der Waals surface area contributed by atoms with E-state index in [0.29, 0.717) is 0 Å². The second kappa shape index (κ2) is 6.02. The van der Waals surface area contributed by atoms with Crippen LogP contribution in [-0.4, -0.2) is 18.0 Å². The van der Waals surface area contributed by atoms with Gasteiger partial charge in [-0.1, -0.05) is 36.4 Å². The molecule has 0 spiro atoms. The van der Waals surface area contributed by atoms with Gasteiger partial charge in [0.15, 0.2) is 0 Å². The van der Waals surface area contributed by atoms with E-state index < -0.39 is 23.7 Å². The van der Waals surface area contributed by atoms with E-state index in [1.54, 1.807) is 0 Å². The lowest BCUT2D eigenvalue weighted by Crippen LogP contribution is -2.63. The van der Waals surface area contributed by atoms with E-state index in [1.165, 1.54) is 47.0 Å². The number of hydrogen-bond acceptors (Lipinski definition) is 2. The van der Waals surface area contributed by atoms with Gasteiger partial charge in [-0.05, 0) is 24.3 Å². The maximum Gasteiger partial charge on any atom is 0.450 e. The molecule has 0 aliphatic rings. The van der Waals surface area contributed by atoms with Crippen LogP contribution in [0.2, 0.25) is 0 Å². The summed E-state index contributed by atoms with van der Waals surface area (Å²) in [6.45, 7) is 0. The van der Waals surface area contributed by atoms with Gasteiger partial charge in [-0.2, -0.15) is 22.0 Å². The zero-order chi connectivity index (χ0) is 17.1. The first-order chi connectivity index (χ1) is 10.7. The Bertz CT molecular complexity index is 629. The third-order valence-electron chi connectivity index (χ3n) is 2.99. The van der Waals surface area contributed by atoms with Gasteiger partial charge in [0.2, 0.25) is 0 Å². The van der Waals surface area contributed by atoms with Gasteiger partial charge in [-0.25, -0.2) is 4.39 Å². The van der Waals surface area contributed by atoms with Crippen LogP contribution >= 0.6 is 0 Å². The van der Waals surface area contributed by atoms with Gasteiger partial charge in [-0.15, -0.1) is 0 Å².